The maximum absolute atomic E-state index is 13.0. The van der Waals surface area contributed by atoms with Gasteiger partial charge in [-0.1, -0.05) is 0 Å². The molecule has 2 aliphatic heterocycles. The van der Waals surface area contributed by atoms with E-state index in [1.165, 1.54) is 12.8 Å². The number of carbonyl (C=O) groups is 1. The Morgan fingerprint density at radius 2 is 1.94 bits per heavy atom. The molecule has 4 rings (SSSR count). The van der Waals surface area contributed by atoms with E-state index in [-0.39, 0.29) is 24.7 Å². The third-order valence-electron chi connectivity index (χ3n) is 6.57. The van der Waals surface area contributed by atoms with Crippen LogP contribution >= 0.6 is 0 Å². The molecule has 2 fully saturated rings. The maximum Gasteiger partial charge on any atom is 0.143 e. The van der Waals surface area contributed by atoms with Crippen LogP contribution in [-0.4, -0.2) is 74.0 Å². The maximum atomic E-state index is 13.0. The van der Waals surface area contributed by atoms with Gasteiger partial charge in [-0.3, -0.25) is 4.79 Å². The minimum Gasteiger partial charge on any atom is -0.497 e. The number of ether oxygens (including phenoxy) is 2. The summed E-state index contributed by atoms with van der Waals surface area (Å²) in [5, 5.41) is 21.6. The number of hydrogen-bond donors (Lipinski definition) is 2. The van der Waals surface area contributed by atoms with E-state index in [1.54, 1.807) is 20.3 Å². The molecule has 0 bridgehead atoms. The first-order chi connectivity index (χ1) is 16.6. The fourth-order valence-corrected chi connectivity index (χ4v) is 4.79. The van der Waals surface area contributed by atoms with Gasteiger partial charge in [-0.05, 0) is 56.6 Å². The molecule has 3 heterocycles. The van der Waals surface area contributed by atoms with E-state index >= 15 is 0 Å². The molecule has 1 atom stereocenters. The van der Waals surface area contributed by atoms with Gasteiger partial charge >= 0.3 is 0 Å². The number of rotatable bonds is 11. The molecule has 0 spiro atoms. The van der Waals surface area contributed by atoms with E-state index in [0.717, 1.165) is 57.1 Å². The number of aromatic nitrogens is 2. The predicted octanol–water partition coefficient (Wildman–Crippen LogP) is 2.17. The summed E-state index contributed by atoms with van der Waals surface area (Å²) >= 11 is 0. The first-order valence-electron chi connectivity index (χ1n) is 12.0. The van der Waals surface area contributed by atoms with Gasteiger partial charge in [0, 0.05) is 32.1 Å². The minimum atomic E-state index is -0.00961. The van der Waals surface area contributed by atoms with Gasteiger partial charge in [-0.15, -0.1) is 0 Å². The Kier molecular flexibility index (Phi) is 8.03. The van der Waals surface area contributed by atoms with Gasteiger partial charge in [-0.25, -0.2) is 4.68 Å². The SMILES string of the molecule is COc1cc(CC(=O)Cc2nn([C@H]3CCNC3)c(NCCN3CCCC3)c2C#N)cc(OC)c1. The van der Waals surface area contributed by atoms with Crippen molar-refractivity contribution in [1.82, 2.24) is 20.0 Å². The van der Waals surface area contributed by atoms with E-state index in [2.05, 4.69) is 21.6 Å². The zero-order chi connectivity index (χ0) is 23.9. The second kappa shape index (κ2) is 11.4. The van der Waals surface area contributed by atoms with Gasteiger partial charge in [0.05, 0.1) is 32.4 Å². The van der Waals surface area contributed by atoms with Crippen molar-refractivity contribution in [3.8, 4) is 17.6 Å². The lowest BCUT2D eigenvalue weighted by Crippen LogP contribution is -2.27. The summed E-state index contributed by atoms with van der Waals surface area (Å²) in [6.45, 7) is 5.68. The van der Waals surface area contributed by atoms with Gasteiger partial charge < -0.3 is 25.0 Å². The number of hydrogen-bond acceptors (Lipinski definition) is 8. The highest BCUT2D eigenvalue weighted by Gasteiger charge is 2.26. The van der Waals surface area contributed by atoms with Crippen LogP contribution in [0.4, 0.5) is 5.82 Å². The topological polar surface area (TPSA) is 104 Å². The Labute approximate surface area is 201 Å². The van der Waals surface area contributed by atoms with Gasteiger partial charge in [0.15, 0.2) is 0 Å². The van der Waals surface area contributed by atoms with Gasteiger partial charge in [0.2, 0.25) is 0 Å². The Balaban J connectivity index is 1.51. The van der Waals surface area contributed by atoms with Crippen molar-refractivity contribution in [2.45, 2.75) is 38.1 Å². The predicted molar refractivity (Wildman–Crippen MR) is 130 cm³/mol. The molecule has 1 aromatic heterocycles. The summed E-state index contributed by atoms with van der Waals surface area (Å²) in [4.78, 5) is 15.4. The van der Waals surface area contributed by atoms with Crippen LogP contribution in [0.2, 0.25) is 0 Å². The van der Waals surface area contributed by atoms with Crippen molar-refractivity contribution in [2.24, 2.45) is 0 Å². The highest BCUT2D eigenvalue weighted by atomic mass is 16.5. The van der Waals surface area contributed by atoms with E-state index < -0.39 is 0 Å². The largest absolute Gasteiger partial charge is 0.497 e. The average molecular weight is 467 g/mol. The lowest BCUT2D eigenvalue weighted by Gasteiger charge is -2.18. The lowest BCUT2D eigenvalue weighted by atomic mass is 10.0. The molecular weight excluding hydrogens is 432 g/mol. The third kappa shape index (κ3) is 5.69. The van der Waals surface area contributed by atoms with Crippen LogP contribution in [0.15, 0.2) is 18.2 Å². The Morgan fingerprint density at radius 1 is 1.21 bits per heavy atom. The number of carbonyl (C=O) groups excluding carboxylic acids is 1. The number of anilines is 1. The van der Waals surface area contributed by atoms with Crippen LogP contribution in [0.1, 0.15) is 42.1 Å². The summed E-state index contributed by atoms with van der Waals surface area (Å²) in [5.74, 6) is 2.01. The molecule has 9 heteroatoms. The van der Waals surface area contributed by atoms with Crippen LogP contribution < -0.4 is 20.1 Å². The van der Waals surface area contributed by atoms with E-state index in [0.29, 0.717) is 22.8 Å². The quantitative estimate of drug-likeness (QED) is 0.519. The number of methoxy groups -OCH3 is 2. The standard InChI is InChI=1S/C25H34N6O3/c1-33-21-12-18(13-22(15-21)34-2)11-20(32)14-24-23(16-26)25(28-7-10-30-8-3-4-9-30)31(29-24)19-5-6-27-17-19/h12-13,15,19,27-28H,3-11,14,17H2,1-2H3/t19-/m0/s1. The highest BCUT2D eigenvalue weighted by Crippen LogP contribution is 2.28. The molecule has 0 saturated carbocycles. The number of benzene rings is 1. The first kappa shape index (κ1) is 24.0. The lowest BCUT2D eigenvalue weighted by molar-refractivity contribution is -0.117. The molecule has 182 valence electrons. The van der Waals surface area contributed by atoms with Crippen molar-refractivity contribution >= 4 is 11.6 Å². The number of nitrogens with zero attached hydrogens (tertiary/aromatic N) is 4. The number of likely N-dealkylation sites (tertiary alicyclic amines) is 1. The van der Waals surface area contributed by atoms with Crippen molar-refractivity contribution in [3.05, 3.63) is 35.0 Å². The number of nitrogens with one attached hydrogen (secondary N) is 2. The van der Waals surface area contributed by atoms with E-state index in [9.17, 15) is 10.1 Å². The minimum absolute atomic E-state index is 0.00961. The number of Topliss-reactive ketones (excluding diaryl/α,β-unsaturated/α-hetero) is 1. The van der Waals surface area contributed by atoms with Gasteiger partial charge in [0.25, 0.3) is 0 Å². The van der Waals surface area contributed by atoms with Gasteiger partial charge in [0.1, 0.15) is 34.7 Å². The molecular formula is C25H34N6O3. The average Bonchev–Trinajstić information content (AvgIpc) is 3.60. The summed E-state index contributed by atoms with van der Waals surface area (Å²) in [6.07, 6.45) is 3.77. The normalized spacial score (nSPS) is 18.1. The van der Waals surface area contributed by atoms with Crippen molar-refractivity contribution < 1.29 is 14.3 Å². The third-order valence-corrected chi connectivity index (χ3v) is 6.57. The summed E-state index contributed by atoms with van der Waals surface area (Å²) in [5.41, 5.74) is 1.82. The second-order valence-electron chi connectivity index (χ2n) is 8.96. The molecule has 0 radical (unpaired) electrons. The number of ketones is 1. The fraction of sp³-hybridized carbons (Fsp3) is 0.560. The Morgan fingerprint density at radius 3 is 2.56 bits per heavy atom. The van der Waals surface area contributed by atoms with Crippen molar-refractivity contribution in [3.63, 3.8) is 0 Å². The molecule has 34 heavy (non-hydrogen) atoms. The molecule has 2 saturated heterocycles. The molecule has 2 aromatic rings. The summed E-state index contributed by atoms with van der Waals surface area (Å²) in [6, 6.07) is 7.94. The molecule has 2 N–H and O–H groups in total. The first-order valence-corrected chi connectivity index (χ1v) is 12.0. The molecule has 0 unspecified atom stereocenters. The molecule has 1 aromatic carbocycles. The molecule has 0 aliphatic carbocycles. The van der Waals surface area contributed by atoms with Crippen molar-refractivity contribution in [2.75, 3.05) is 58.8 Å². The zero-order valence-corrected chi connectivity index (χ0v) is 20.1. The summed E-state index contributed by atoms with van der Waals surface area (Å²) in [7, 11) is 3.17. The van der Waals surface area contributed by atoms with Crippen molar-refractivity contribution in [1.29, 1.82) is 5.26 Å². The zero-order valence-electron chi connectivity index (χ0n) is 20.1. The van der Waals surface area contributed by atoms with Crippen LogP contribution in [-0.2, 0) is 17.6 Å². The van der Waals surface area contributed by atoms with Gasteiger partial charge in [-0.2, -0.15) is 10.4 Å². The molecule has 9 nitrogen and oxygen atoms in total. The molecule has 2 aliphatic rings. The van der Waals surface area contributed by atoms with Crippen LogP contribution in [0.25, 0.3) is 0 Å². The monoisotopic (exact) mass is 466 g/mol. The van der Waals surface area contributed by atoms with E-state index in [1.807, 2.05) is 16.8 Å². The molecule has 0 amide bonds. The van der Waals surface area contributed by atoms with E-state index in [4.69, 9.17) is 14.6 Å². The highest BCUT2D eigenvalue weighted by molar-refractivity contribution is 5.84. The Hall–Kier alpha value is -3.09. The van der Waals surface area contributed by atoms with Crippen LogP contribution in [0.3, 0.4) is 0 Å². The van der Waals surface area contributed by atoms with Crippen LogP contribution in [0, 0.1) is 11.3 Å². The van der Waals surface area contributed by atoms with Crippen LogP contribution in [0.5, 0.6) is 11.5 Å². The Bertz CT molecular complexity index is 1010. The smallest absolute Gasteiger partial charge is 0.143 e. The second-order valence-corrected chi connectivity index (χ2v) is 8.96. The number of nitriles is 1. The summed E-state index contributed by atoms with van der Waals surface area (Å²) < 4.78 is 12.6. The fourth-order valence-electron chi connectivity index (χ4n) is 4.79.